The van der Waals surface area contributed by atoms with E-state index in [9.17, 15) is 0 Å². The third-order valence-corrected chi connectivity index (χ3v) is 2.03. The van der Waals surface area contributed by atoms with Gasteiger partial charge in [0.15, 0.2) is 0 Å². The zero-order valence-corrected chi connectivity index (χ0v) is 9.17. The van der Waals surface area contributed by atoms with Gasteiger partial charge in [-0.2, -0.15) is 0 Å². The number of hydrogen-bond acceptors (Lipinski definition) is 3. The zero-order chi connectivity index (χ0) is 10.4. The normalized spacial score (nSPS) is 13.4. The number of nitrogens with zero attached hydrogens (tertiary/aromatic N) is 1. The van der Waals surface area contributed by atoms with Crippen LogP contribution in [0.2, 0.25) is 0 Å². The van der Waals surface area contributed by atoms with Gasteiger partial charge < -0.3 is 15.6 Å². The Balaban J connectivity index is 2.12. The second kappa shape index (κ2) is 5.78. The fourth-order valence-electron chi connectivity index (χ4n) is 1.15. The molecule has 4 heteroatoms. The lowest BCUT2D eigenvalue weighted by Gasteiger charge is -2.15. The van der Waals surface area contributed by atoms with Crippen molar-refractivity contribution in [2.75, 3.05) is 6.54 Å². The highest BCUT2D eigenvalue weighted by Crippen LogP contribution is 1.91. The van der Waals surface area contributed by atoms with E-state index < -0.39 is 0 Å². The Kier molecular flexibility index (Phi) is 4.62. The molecule has 0 bridgehead atoms. The maximum absolute atomic E-state index is 3.96. The van der Waals surface area contributed by atoms with Crippen molar-refractivity contribution in [3.05, 3.63) is 18.2 Å². The minimum atomic E-state index is 0.473. The number of hydrogen-bond donors (Lipinski definition) is 3. The van der Waals surface area contributed by atoms with E-state index in [1.54, 1.807) is 6.33 Å². The van der Waals surface area contributed by atoms with E-state index in [1.807, 2.05) is 6.20 Å². The van der Waals surface area contributed by atoms with Crippen molar-refractivity contribution >= 4 is 0 Å². The van der Waals surface area contributed by atoms with Crippen LogP contribution in [0.15, 0.2) is 12.5 Å². The summed E-state index contributed by atoms with van der Waals surface area (Å²) >= 11 is 0. The smallest absolute Gasteiger partial charge is 0.0922 e. The maximum Gasteiger partial charge on any atom is 0.0922 e. The molecule has 1 rings (SSSR count). The molecule has 0 aromatic carbocycles. The Labute approximate surface area is 85.5 Å². The van der Waals surface area contributed by atoms with Crippen molar-refractivity contribution in [1.29, 1.82) is 0 Å². The van der Waals surface area contributed by atoms with Gasteiger partial charge in [0, 0.05) is 37.1 Å². The Bertz CT molecular complexity index is 230. The second-order valence-electron chi connectivity index (χ2n) is 3.92. The summed E-state index contributed by atoms with van der Waals surface area (Å²) in [7, 11) is 0. The molecule has 1 unspecified atom stereocenters. The van der Waals surface area contributed by atoms with Gasteiger partial charge in [0.25, 0.3) is 0 Å². The van der Waals surface area contributed by atoms with E-state index in [0.717, 1.165) is 18.8 Å². The van der Waals surface area contributed by atoms with E-state index in [1.165, 1.54) is 0 Å². The molecule has 80 valence electrons. The molecule has 1 atom stereocenters. The summed E-state index contributed by atoms with van der Waals surface area (Å²) in [6.45, 7) is 8.32. The predicted octanol–water partition coefficient (Wildman–Crippen LogP) is 0.886. The number of H-pyrrole nitrogens is 1. The topological polar surface area (TPSA) is 52.7 Å². The van der Waals surface area contributed by atoms with E-state index in [2.05, 4.69) is 41.4 Å². The molecule has 0 aliphatic heterocycles. The number of aromatic nitrogens is 2. The molecule has 0 saturated carbocycles. The Morgan fingerprint density at radius 2 is 2.14 bits per heavy atom. The van der Waals surface area contributed by atoms with Crippen molar-refractivity contribution < 1.29 is 0 Å². The van der Waals surface area contributed by atoms with Crippen molar-refractivity contribution in [3.8, 4) is 0 Å². The van der Waals surface area contributed by atoms with E-state index in [0.29, 0.717) is 12.1 Å². The van der Waals surface area contributed by atoms with Crippen molar-refractivity contribution in [2.24, 2.45) is 0 Å². The highest BCUT2D eigenvalue weighted by Gasteiger charge is 2.02. The summed E-state index contributed by atoms with van der Waals surface area (Å²) < 4.78 is 0. The van der Waals surface area contributed by atoms with Crippen LogP contribution in [0.1, 0.15) is 26.5 Å². The second-order valence-corrected chi connectivity index (χ2v) is 3.92. The lowest BCUT2D eigenvalue weighted by Crippen LogP contribution is -2.38. The summed E-state index contributed by atoms with van der Waals surface area (Å²) in [5.74, 6) is 0. The first kappa shape index (κ1) is 11.2. The average molecular weight is 196 g/mol. The third kappa shape index (κ3) is 4.39. The molecule has 1 aromatic rings. The molecule has 0 saturated heterocycles. The van der Waals surface area contributed by atoms with Gasteiger partial charge in [-0.3, -0.25) is 0 Å². The van der Waals surface area contributed by atoms with E-state index in [4.69, 9.17) is 0 Å². The first-order chi connectivity index (χ1) is 6.68. The summed E-state index contributed by atoms with van der Waals surface area (Å²) in [4.78, 5) is 7.03. The molecule has 0 radical (unpaired) electrons. The van der Waals surface area contributed by atoms with Crippen LogP contribution < -0.4 is 10.6 Å². The van der Waals surface area contributed by atoms with Crippen LogP contribution >= 0.6 is 0 Å². The van der Waals surface area contributed by atoms with Crippen LogP contribution in [0.5, 0.6) is 0 Å². The summed E-state index contributed by atoms with van der Waals surface area (Å²) in [6, 6.07) is 1.02. The third-order valence-electron chi connectivity index (χ3n) is 2.03. The highest BCUT2D eigenvalue weighted by atomic mass is 15.0. The Morgan fingerprint density at radius 3 is 2.71 bits per heavy atom. The quantitative estimate of drug-likeness (QED) is 0.633. The van der Waals surface area contributed by atoms with Gasteiger partial charge >= 0.3 is 0 Å². The van der Waals surface area contributed by atoms with Crippen LogP contribution in [-0.2, 0) is 6.54 Å². The molecule has 3 N–H and O–H groups in total. The van der Waals surface area contributed by atoms with Gasteiger partial charge in [-0.25, -0.2) is 4.98 Å². The Hall–Kier alpha value is -0.870. The lowest BCUT2D eigenvalue weighted by molar-refractivity contribution is 0.472. The molecule has 0 fully saturated rings. The van der Waals surface area contributed by atoms with Crippen LogP contribution in [-0.4, -0.2) is 28.6 Å². The number of rotatable bonds is 6. The highest BCUT2D eigenvalue weighted by molar-refractivity contribution is 4.93. The van der Waals surface area contributed by atoms with Gasteiger partial charge in [-0.1, -0.05) is 13.8 Å². The van der Waals surface area contributed by atoms with Crippen LogP contribution in [0, 0.1) is 0 Å². The molecule has 0 spiro atoms. The first-order valence-electron chi connectivity index (χ1n) is 5.12. The molecule has 1 heterocycles. The van der Waals surface area contributed by atoms with Crippen LogP contribution in [0.3, 0.4) is 0 Å². The molecule has 14 heavy (non-hydrogen) atoms. The van der Waals surface area contributed by atoms with Gasteiger partial charge in [0.2, 0.25) is 0 Å². The number of imidazole rings is 1. The van der Waals surface area contributed by atoms with Crippen LogP contribution in [0.4, 0.5) is 0 Å². The molecular weight excluding hydrogens is 176 g/mol. The molecule has 0 amide bonds. The van der Waals surface area contributed by atoms with E-state index in [-0.39, 0.29) is 0 Å². The zero-order valence-electron chi connectivity index (χ0n) is 9.17. The predicted molar refractivity (Wildman–Crippen MR) is 58.0 cm³/mol. The SMILES string of the molecule is CC(C)NCC(C)NCc1cnc[nH]1. The van der Waals surface area contributed by atoms with Gasteiger partial charge in [-0.05, 0) is 6.92 Å². The lowest BCUT2D eigenvalue weighted by atomic mass is 10.3. The summed E-state index contributed by atoms with van der Waals surface area (Å²) in [5, 5.41) is 6.79. The molecule has 0 aliphatic rings. The fourth-order valence-corrected chi connectivity index (χ4v) is 1.15. The largest absolute Gasteiger partial charge is 0.347 e. The molecule has 0 aliphatic carbocycles. The maximum atomic E-state index is 3.96. The molecule has 4 nitrogen and oxygen atoms in total. The van der Waals surface area contributed by atoms with Crippen LogP contribution in [0.25, 0.3) is 0 Å². The average Bonchev–Trinajstić information content (AvgIpc) is 2.63. The number of nitrogens with one attached hydrogen (secondary N) is 3. The molecular formula is C10H20N4. The number of aromatic amines is 1. The summed E-state index contributed by atoms with van der Waals surface area (Å²) in [5.41, 5.74) is 1.13. The minimum Gasteiger partial charge on any atom is -0.347 e. The van der Waals surface area contributed by atoms with Crippen molar-refractivity contribution in [2.45, 2.75) is 39.4 Å². The fraction of sp³-hybridized carbons (Fsp3) is 0.700. The van der Waals surface area contributed by atoms with Crippen molar-refractivity contribution in [3.63, 3.8) is 0 Å². The van der Waals surface area contributed by atoms with Gasteiger partial charge in [0.1, 0.15) is 0 Å². The Morgan fingerprint density at radius 1 is 1.36 bits per heavy atom. The first-order valence-corrected chi connectivity index (χ1v) is 5.12. The summed E-state index contributed by atoms with van der Waals surface area (Å²) in [6.07, 6.45) is 3.55. The minimum absolute atomic E-state index is 0.473. The van der Waals surface area contributed by atoms with Gasteiger partial charge in [-0.15, -0.1) is 0 Å². The monoisotopic (exact) mass is 196 g/mol. The standard InChI is InChI=1S/C10H20N4/c1-8(2)12-4-9(3)13-6-10-5-11-7-14-10/h5,7-9,12-13H,4,6H2,1-3H3,(H,11,14). The molecule has 1 aromatic heterocycles. The van der Waals surface area contributed by atoms with E-state index >= 15 is 0 Å². The van der Waals surface area contributed by atoms with Crippen molar-refractivity contribution in [1.82, 2.24) is 20.6 Å². The van der Waals surface area contributed by atoms with Gasteiger partial charge in [0.05, 0.1) is 6.33 Å².